The maximum absolute atomic E-state index is 5.92. The van der Waals surface area contributed by atoms with Crippen LogP contribution >= 0.6 is 11.6 Å². The zero-order valence-corrected chi connectivity index (χ0v) is 11.5. The molecule has 4 nitrogen and oxygen atoms in total. The molecule has 0 saturated carbocycles. The lowest BCUT2D eigenvalue weighted by molar-refractivity contribution is 0.491. The highest BCUT2D eigenvalue weighted by Crippen LogP contribution is 2.32. The number of anilines is 1. The van der Waals surface area contributed by atoms with Gasteiger partial charge in [0.25, 0.3) is 0 Å². The molecule has 1 aliphatic rings. The molecule has 0 aliphatic heterocycles. The van der Waals surface area contributed by atoms with Gasteiger partial charge in [0.05, 0.1) is 6.04 Å². The molecule has 3 rings (SSSR count). The SMILES string of the molecule is CC(Cl)c1nnc(NC2CCCc3ccccc32)o1. The Balaban J connectivity index is 1.80. The quantitative estimate of drug-likeness (QED) is 0.866. The standard InChI is InChI=1S/C14H16ClN3O/c1-9(15)13-17-18-14(19-13)16-12-8-4-6-10-5-2-3-7-11(10)12/h2-3,5,7,9,12H,4,6,8H2,1H3,(H,16,18). The summed E-state index contributed by atoms with van der Waals surface area (Å²) < 4.78 is 5.50. The van der Waals surface area contributed by atoms with E-state index in [9.17, 15) is 0 Å². The summed E-state index contributed by atoms with van der Waals surface area (Å²) in [4.78, 5) is 0. The van der Waals surface area contributed by atoms with Gasteiger partial charge in [-0.3, -0.25) is 0 Å². The van der Waals surface area contributed by atoms with Crippen molar-refractivity contribution < 1.29 is 4.42 Å². The Labute approximate surface area is 117 Å². The predicted molar refractivity (Wildman–Crippen MR) is 74.3 cm³/mol. The summed E-state index contributed by atoms with van der Waals surface area (Å²) in [6.45, 7) is 1.81. The summed E-state index contributed by atoms with van der Waals surface area (Å²) in [6, 6.07) is 9.19. The second-order valence-corrected chi connectivity index (χ2v) is 5.50. The third kappa shape index (κ3) is 2.59. The van der Waals surface area contributed by atoms with Crippen LogP contribution in [0.5, 0.6) is 0 Å². The molecule has 0 saturated heterocycles. The zero-order valence-electron chi connectivity index (χ0n) is 10.8. The predicted octanol–water partition coefficient (Wildman–Crippen LogP) is 3.86. The number of hydrogen-bond acceptors (Lipinski definition) is 4. The van der Waals surface area contributed by atoms with Gasteiger partial charge in [0.2, 0.25) is 5.89 Å². The van der Waals surface area contributed by atoms with Gasteiger partial charge in [0, 0.05) is 0 Å². The smallest absolute Gasteiger partial charge is 0.316 e. The molecule has 1 aliphatic carbocycles. The van der Waals surface area contributed by atoms with Crippen LogP contribution in [0, 0.1) is 0 Å². The van der Waals surface area contributed by atoms with Gasteiger partial charge in [-0.15, -0.1) is 16.7 Å². The van der Waals surface area contributed by atoms with Crippen molar-refractivity contribution in [3.63, 3.8) is 0 Å². The van der Waals surface area contributed by atoms with Gasteiger partial charge in [-0.2, -0.15) is 0 Å². The summed E-state index contributed by atoms with van der Waals surface area (Å²) in [5.41, 5.74) is 2.73. The van der Waals surface area contributed by atoms with Gasteiger partial charge in [-0.25, -0.2) is 0 Å². The lowest BCUT2D eigenvalue weighted by Crippen LogP contribution is -2.17. The average Bonchev–Trinajstić information content (AvgIpc) is 2.88. The monoisotopic (exact) mass is 277 g/mol. The largest absolute Gasteiger partial charge is 0.406 e. The Kier molecular flexibility index (Phi) is 3.42. The van der Waals surface area contributed by atoms with Gasteiger partial charge in [-0.05, 0) is 37.3 Å². The second-order valence-electron chi connectivity index (χ2n) is 4.85. The summed E-state index contributed by atoms with van der Waals surface area (Å²) >= 11 is 5.92. The van der Waals surface area contributed by atoms with Crippen LogP contribution in [0.2, 0.25) is 0 Å². The fourth-order valence-electron chi connectivity index (χ4n) is 2.51. The van der Waals surface area contributed by atoms with E-state index in [1.807, 2.05) is 6.92 Å². The Morgan fingerprint density at radius 3 is 3.00 bits per heavy atom. The molecule has 1 N–H and O–H groups in total. The van der Waals surface area contributed by atoms with Crippen molar-refractivity contribution in [3.05, 3.63) is 41.3 Å². The normalized spacial score (nSPS) is 19.8. The van der Waals surface area contributed by atoms with Crippen molar-refractivity contribution in [2.24, 2.45) is 0 Å². The Bertz CT molecular complexity index is 567. The van der Waals surface area contributed by atoms with E-state index in [4.69, 9.17) is 16.0 Å². The van der Waals surface area contributed by atoms with Gasteiger partial charge in [-0.1, -0.05) is 29.4 Å². The highest BCUT2D eigenvalue weighted by Gasteiger charge is 2.21. The Hall–Kier alpha value is -1.55. The molecule has 19 heavy (non-hydrogen) atoms. The van der Waals surface area contributed by atoms with E-state index in [0.29, 0.717) is 11.9 Å². The molecule has 0 amide bonds. The van der Waals surface area contributed by atoms with Crippen molar-refractivity contribution >= 4 is 17.6 Å². The van der Waals surface area contributed by atoms with Crippen LogP contribution in [0.15, 0.2) is 28.7 Å². The number of nitrogens with zero attached hydrogens (tertiary/aromatic N) is 2. The number of benzene rings is 1. The summed E-state index contributed by atoms with van der Waals surface area (Å²) in [5.74, 6) is 0.452. The molecule has 0 bridgehead atoms. The first-order valence-corrected chi connectivity index (χ1v) is 6.99. The number of aromatic nitrogens is 2. The molecule has 1 heterocycles. The lowest BCUT2D eigenvalue weighted by atomic mass is 9.88. The number of alkyl halides is 1. The van der Waals surface area contributed by atoms with E-state index in [-0.39, 0.29) is 11.4 Å². The molecular weight excluding hydrogens is 262 g/mol. The molecule has 1 aromatic carbocycles. The maximum Gasteiger partial charge on any atom is 0.316 e. The third-order valence-corrected chi connectivity index (χ3v) is 3.63. The van der Waals surface area contributed by atoms with Gasteiger partial charge >= 0.3 is 6.01 Å². The van der Waals surface area contributed by atoms with Crippen molar-refractivity contribution in [1.29, 1.82) is 0 Å². The first kappa shape index (κ1) is 12.5. The van der Waals surface area contributed by atoms with E-state index in [1.165, 1.54) is 17.5 Å². The van der Waals surface area contributed by atoms with Crippen LogP contribution in [0.1, 0.15) is 48.2 Å². The maximum atomic E-state index is 5.92. The fourth-order valence-corrected chi connectivity index (χ4v) is 2.59. The van der Waals surface area contributed by atoms with Crippen LogP contribution in [0.3, 0.4) is 0 Å². The first-order valence-electron chi connectivity index (χ1n) is 6.56. The van der Waals surface area contributed by atoms with Gasteiger partial charge in [0.1, 0.15) is 5.38 Å². The van der Waals surface area contributed by atoms with E-state index in [2.05, 4.69) is 39.8 Å². The topological polar surface area (TPSA) is 51.0 Å². The lowest BCUT2D eigenvalue weighted by Gasteiger charge is -2.25. The number of halogens is 1. The first-order chi connectivity index (χ1) is 9.24. The molecule has 2 aromatic rings. The number of hydrogen-bond donors (Lipinski definition) is 1. The van der Waals surface area contributed by atoms with Crippen molar-refractivity contribution in [2.45, 2.75) is 37.6 Å². The van der Waals surface area contributed by atoms with E-state index in [0.717, 1.165) is 12.8 Å². The van der Waals surface area contributed by atoms with Gasteiger partial charge < -0.3 is 9.73 Å². The minimum absolute atomic E-state index is 0.240. The van der Waals surface area contributed by atoms with Crippen LogP contribution in [-0.2, 0) is 6.42 Å². The number of aryl methyl sites for hydroxylation is 1. The fraction of sp³-hybridized carbons (Fsp3) is 0.429. The van der Waals surface area contributed by atoms with Crippen LogP contribution < -0.4 is 5.32 Å². The molecule has 0 fully saturated rings. The van der Waals surface area contributed by atoms with E-state index >= 15 is 0 Å². The molecule has 1 aromatic heterocycles. The third-order valence-electron chi connectivity index (χ3n) is 3.45. The molecule has 0 radical (unpaired) electrons. The Morgan fingerprint density at radius 2 is 2.21 bits per heavy atom. The summed E-state index contributed by atoms with van der Waals surface area (Å²) in [6.07, 6.45) is 3.38. The minimum atomic E-state index is -0.262. The highest BCUT2D eigenvalue weighted by atomic mass is 35.5. The van der Waals surface area contributed by atoms with E-state index in [1.54, 1.807) is 0 Å². The zero-order chi connectivity index (χ0) is 13.2. The molecule has 2 atom stereocenters. The van der Waals surface area contributed by atoms with Crippen LogP contribution in [-0.4, -0.2) is 10.2 Å². The number of nitrogens with one attached hydrogen (secondary N) is 1. The van der Waals surface area contributed by atoms with Crippen molar-refractivity contribution in [1.82, 2.24) is 10.2 Å². The summed E-state index contributed by atoms with van der Waals surface area (Å²) in [7, 11) is 0. The molecule has 100 valence electrons. The summed E-state index contributed by atoms with van der Waals surface area (Å²) in [5, 5.41) is 11.0. The number of rotatable bonds is 3. The van der Waals surface area contributed by atoms with Gasteiger partial charge in [0.15, 0.2) is 0 Å². The minimum Gasteiger partial charge on any atom is -0.406 e. The molecule has 5 heteroatoms. The Morgan fingerprint density at radius 1 is 1.37 bits per heavy atom. The average molecular weight is 278 g/mol. The van der Waals surface area contributed by atoms with Crippen LogP contribution in [0.25, 0.3) is 0 Å². The molecule has 2 unspecified atom stereocenters. The van der Waals surface area contributed by atoms with E-state index < -0.39 is 0 Å². The second kappa shape index (κ2) is 5.21. The van der Waals surface area contributed by atoms with Crippen molar-refractivity contribution in [2.75, 3.05) is 5.32 Å². The number of fused-ring (bicyclic) bond motifs is 1. The molecular formula is C14H16ClN3O. The highest BCUT2D eigenvalue weighted by molar-refractivity contribution is 6.20. The van der Waals surface area contributed by atoms with Crippen LogP contribution in [0.4, 0.5) is 6.01 Å². The molecule has 0 spiro atoms. The van der Waals surface area contributed by atoms with Crippen molar-refractivity contribution in [3.8, 4) is 0 Å².